The first kappa shape index (κ1) is 19.6. The summed E-state index contributed by atoms with van der Waals surface area (Å²) in [4.78, 5) is 15.3. The highest BCUT2D eigenvalue weighted by molar-refractivity contribution is 5.97. The molecule has 4 rings (SSSR count). The Labute approximate surface area is 168 Å². The highest BCUT2D eigenvalue weighted by Crippen LogP contribution is 2.30. The highest BCUT2D eigenvalue weighted by atomic mass is 16.5. The lowest BCUT2D eigenvalue weighted by Crippen LogP contribution is -2.44. The first-order valence-electron chi connectivity index (χ1n) is 11.1. The van der Waals surface area contributed by atoms with Gasteiger partial charge >= 0.3 is 0 Å². The van der Waals surface area contributed by atoms with E-state index in [1.54, 1.807) is 7.11 Å². The average molecular weight is 387 g/mol. The Kier molecular flexibility index (Phi) is 6.40. The SMILES string of the molecule is COc1ccc(C(=O)NC2CC2)c(OC2CCN(C3CCCCCC3)CC2)c1. The number of nitrogens with zero attached hydrogens (tertiary/aromatic N) is 1. The molecule has 0 radical (unpaired) electrons. The normalized spacial score (nSPS) is 22.5. The maximum Gasteiger partial charge on any atom is 0.255 e. The molecule has 2 saturated carbocycles. The van der Waals surface area contributed by atoms with Crippen LogP contribution in [-0.2, 0) is 0 Å². The molecule has 2 aliphatic carbocycles. The number of carbonyl (C=O) groups is 1. The molecule has 0 aromatic heterocycles. The van der Waals surface area contributed by atoms with Crippen molar-refractivity contribution in [1.82, 2.24) is 10.2 Å². The molecule has 154 valence electrons. The number of hydrogen-bond acceptors (Lipinski definition) is 4. The van der Waals surface area contributed by atoms with Crippen LogP contribution in [0.15, 0.2) is 18.2 Å². The Morgan fingerprint density at radius 2 is 1.71 bits per heavy atom. The van der Waals surface area contributed by atoms with Crippen LogP contribution in [0.25, 0.3) is 0 Å². The zero-order valence-electron chi connectivity index (χ0n) is 17.1. The van der Waals surface area contributed by atoms with Crippen LogP contribution in [0.2, 0.25) is 0 Å². The van der Waals surface area contributed by atoms with E-state index < -0.39 is 0 Å². The van der Waals surface area contributed by atoms with Gasteiger partial charge in [-0.1, -0.05) is 25.7 Å². The second-order valence-corrected chi connectivity index (χ2v) is 8.61. The topological polar surface area (TPSA) is 50.8 Å². The van der Waals surface area contributed by atoms with Gasteiger partial charge in [0.25, 0.3) is 5.91 Å². The number of carbonyl (C=O) groups excluding carboxylic acids is 1. The van der Waals surface area contributed by atoms with Gasteiger partial charge in [-0.05, 0) is 50.7 Å². The predicted molar refractivity (Wildman–Crippen MR) is 110 cm³/mol. The maximum absolute atomic E-state index is 12.6. The second kappa shape index (κ2) is 9.17. The Morgan fingerprint density at radius 3 is 2.36 bits per heavy atom. The molecule has 3 aliphatic rings. The van der Waals surface area contributed by atoms with Crippen LogP contribution in [0, 0.1) is 0 Å². The summed E-state index contributed by atoms with van der Waals surface area (Å²) in [5.74, 6) is 1.36. The van der Waals surface area contributed by atoms with E-state index in [1.165, 1.54) is 38.5 Å². The molecule has 1 saturated heterocycles. The summed E-state index contributed by atoms with van der Waals surface area (Å²) in [6.45, 7) is 2.20. The number of methoxy groups -OCH3 is 1. The van der Waals surface area contributed by atoms with Crippen molar-refractivity contribution in [2.75, 3.05) is 20.2 Å². The molecule has 1 aromatic rings. The molecule has 1 heterocycles. The molecule has 0 atom stereocenters. The van der Waals surface area contributed by atoms with E-state index in [-0.39, 0.29) is 12.0 Å². The molecule has 5 nitrogen and oxygen atoms in total. The molecule has 28 heavy (non-hydrogen) atoms. The van der Waals surface area contributed by atoms with Crippen LogP contribution in [-0.4, -0.2) is 49.2 Å². The molecule has 0 unspecified atom stereocenters. The number of likely N-dealkylation sites (tertiary alicyclic amines) is 1. The number of rotatable bonds is 6. The van der Waals surface area contributed by atoms with Crippen molar-refractivity contribution in [1.29, 1.82) is 0 Å². The van der Waals surface area contributed by atoms with Gasteiger partial charge in [0.15, 0.2) is 0 Å². The van der Waals surface area contributed by atoms with Crippen LogP contribution in [0.4, 0.5) is 0 Å². The van der Waals surface area contributed by atoms with Crippen molar-refractivity contribution in [3.63, 3.8) is 0 Å². The zero-order valence-corrected chi connectivity index (χ0v) is 17.1. The van der Waals surface area contributed by atoms with Crippen molar-refractivity contribution < 1.29 is 14.3 Å². The fourth-order valence-corrected chi connectivity index (χ4v) is 4.57. The van der Waals surface area contributed by atoms with Crippen molar-refractivity contribution in [2.45, 2.75) is 82.4 Å². The first-order valence-corrected chi connectivity index (χ1v) is 11.1. The number of hydrogen-bond donors (Lipinski definition) is 1. The molecule has 0 spiro atoms. The Hall–Kier alpha value is -1.75. The summed E-state index contributed by atoms with van der Waals surface area (Å²) in [5.41, 5.74) is 0.624. The molecular weight excluding hydrogens is 352 g/mol. The summed E-state index contributed by atoms with van der Waals surface area (Å²) in [7, 11) is 1.65. The monoisotopic (exact) mass is 386 g/mol. The van der Waals surface area contributed by atoms with Gasteiger partial charge in [0.05, 0.1) is 12.7 Å². The summed E-state index contributed by atoms with van der Waals surface area (Å²) >= 11 is 0. The Bertz CT molecular complexity index is 658. The van der Waals surface area contributed by atoms with Crippen molar-refractivity contribution >= 4 is 5.91 Å². The van der Waals surface area contributed by atoms with Gasteiger partial charge in [0.1, 0.15) is 17.6 Å². The van der Waals surface area contributed by atoms with Crippen LogP contribution in [0.1, 0.15) is 74.6 Å². The van der Waals surface area contributed by atoms with Crippen LogP contribution in [0.5, 0.6) is 11.5 Å². The largest absolute Gasteiger partial charge is 0.497 e. The first-order chi connectivity index (χ1) is 13.7. The van der Waals surface area contributed by atoms with Gasteiger partial charge < -0.3 is 19.7 Å². The third kappa shape index (κ3) is 4.99. The Balaban J connectivity index is 1.37. The van der Waals surface area contributed by atoms with E-state index in [1.807, 2.05) is 18.2 Å². The van der Waals surface area contributed by atoms with Crippen LogP contribution in [0.3, 0.4) is 0 Å². The van der Waals surface area contributed by atoms with Gasteiger partial charge in [0.2, 0.25) is 0 Å². The van der Waals surface area contributed by atoms with E-state index in [0.717, 1.165) is 50.6 Å². The molecule has 1 amide bonds. The molecular formula is C23H34N2O3. The quantitative estimate of drug-likeness (QED) is 0.746. The van der Waals surface area contributed by atoms with E-state index >= 15 is 0 Å². The highest BCUT2D eigenvalue weighted by Gasteiger charge is 2.29. The molecule has 0 bridgehead atoms. The van der Waals surface area contributed by atoms with Gasteiger partial charge in [-0.25, -0.2) is 0 Å². The number of nitrogens with one attached hydrogen (secondary N) is 1. The third-order valence-corrected chi connectivity index (χ3v) is 6.46. The number of amides is 1. The smallest absolute Gasteiger partial charge is 0.255 e. The lowest BCUT2D eigenvalue weighted by atomic mass is 10.0. The van der Waals surface area contributed by atoms with Gasteiger partial charge in [0, 0.05) is 31.2 Å². The number of piperidine rings is 1. The number of ether oxygens (including phenoxy) is 2. The lowest BCUT2D eigenvalue weighted by Gasteiger charge is -2.37. The van der Waals surface area contributed by atoms with Crippen molar-refractivity contribution in [2.24, 2.45) is 0 Å². The second-order valence-electron chi connectivity index (χ2n) is 8.61. The Morgan fingerprint density at radius 1 is 1.00 bits per heavy atom. The number of benzene rings is 1. The minimum atomic E-state index is -0.0314. The fraction of sp³-hybridized carbons (Fsp3) is 0.696. The van der Waals surface area contributed by atoms with Crippen LogP contribution >= 0.6 is 0 Å². The summed E-state index contributed by atoms with van der Waals surface area (Å²) in [6, 6.07) is 6.63. The molecule has 1 aromatic carbocycles. The summed E-state index contributed by atoms with van der Waals surface area (Å²) in [5, 5.41) is 3.07. The van der Waals surface area contributed by atoms with E-state index in [4.69, 9.17) is 9.47 Å². The maximum atomic E-state index is 12.6. The van der Waals surface area contributed by atoms with E-state index in [0.29, 0.717) is 17.4 Å². The lowest BCUT2D eigenvalue weighted by molar-refractivity contribution is 0.0690. The standard InChI is InChI=1S/C23H34N2O3/c1-27-20-10-11-21(23(26)24-17-8-9-17)22(16-20)28-19-12-14-25(15-13-19)18-6-4-2-3-5-7-18/h10-11,16-19H,2-9,12-15H2,1H3,(H,24,26). The van der Waals surface area contributed by atoms with Gasteiger partial charge in [-0.15, -0.1) is 0 Å². The minimum absolute atomic E-state index is 0.0314. The molecule has 1 aliphatic heterocycles. The van der Waals surface area contributed by atoms with Gasteiger partial charge in [-0.3, -0.25) is 4.79 Å². The fourth-order valence-electron chi connectivity index (χ4n) is 4.57. The summed E-state index contributed by atoms with van der Waals surface area (Å²) < 4.78 is 11.7. The molecule has 5 heteroatoms. The average Bonchev–Trinajstić information content (AvgIpc) is 3.55. The van der Waals surface area contributed by atoms with E-state index in [9.17, 15) is 4.79 Å². The summed E-state index contributed by atoms with van der Waals surface area (Å²) in [6.07, 6.45) is 12.6. The molecule has 3 fully saturated rings. The van der Waals surface area contributed by atoms with E-state index in [2.05, 4.69) is 10.2 Å². The van der Waals surface area contributed by atoms with Crippen LogP contribution < -0.4 is 14.8 Å². The van der Waals surface area contributed by atoms with Gasteiger partial charge in [-0.2, -0.15) is 0 Å². The minimum Gasteiger partial charge on any atom is -0.497 e. The van der Waals surface area contributed by atoms with Crippen molar-refractivity contribution in [3.05, 3.63) is 23.8 Å². The third-order valence-electron chi connectivity index (χ3n) is 6.46. The predicted octanol–water partition coefficient (Wildman–Crippen LogP) is 4.15. The van der Waals surface area contributed by atoms with Crippen molar-refractivity contribution in [3.8, 4) is 11.5 Å². The molecule has 1 N–H and O–H groups in total. The zero-order chi connectivity index (χ0) is 19.3.